The van der Waals surface area contributed by atoms with E-state index in [-0.39, 0.29) is 5.91 Å². The fraction of sp³-hybridized carbons (Fsp3) is 0.231. The molecule has 19 heavy (non-hydrogen) atoms. The number of amides is 1. The zero-order chi connectivity index (χ0) is 13.7. The zero-order valence-electron chi connectivity index (χ0n) is 10.4. The van der Waals surface area contributed by atoms with Crippen LogP contribution in [0.15, 0.2) is 39.3 Å². The quantitative estimate of drug-likeness (QED) is 0.903. The smallest absolute Gasteiger partial charge is 0.235 e. The van der Waals surface area contributed by atoms with Gasteiger partial charge in [-0.15, -0.1) is 11.8 Å². The van der Waals surface area contributed by atoms with Gasteiger partial charge in [-0.3, -0.25) is 4.79 Å². The van der Waals surface area contributed by atoms with E-state index in [1.165, 1.54) is 5.56 Å². The number of hydrogen-bond donors (Lipinski definition) is 1. The van der Waals surface area contributed by atoms with Crippen LogP contribution in [0.25, 0.3) is 0 Å². The first-order valence-electron chi connectivity index (χ1n) is 5.69. The Morgan fingerprint density at radius 1 is 1.42 bits per heavy atom. The number of carbonyl (C=O) groups excluding carboxylic acids is 1. The summed E-state index contributed by atoms with van der Waals surface area (Å²) in [7, 11) is 0. The second-order valence-corrected chi connectivity index (χ2v) is 5.89. The fourth-order valence-electron chi connectivity index (χ4n) is 1.45. The van der Waals surface area contributed by atoms with Gasteiger partial charge in [-0.25, -0.2) is 0 Å². The molecule has 1 heterocycles. The van der Waals surface area contributed by atoms with Crippen molar-refractivity contribution < 1.29 is 9.32 Å². The van der Waals surface area contributed by atoms with E-state index in [1.807, 2.05) is 24.3 Å². The summed E-state index contributed by atoms with van der Waals surface area (Å²) in [5.41, 5.74) is 1.19. The second kappa shape index (κ2) is 6.77. The summed E-state index contributed by atoms with van der Waals surface area (Å²) in [4.78, 5) is 11.6. The van der Waals surface area contributed by atoms with Gasteiger partial charge in [0.05, 0.1) is 5.75 Å². The minimum Gasteiger partial charge on any atom is -0.360 e. The molecule has 100 valence electrons. The summed E-state index contributed by atoms with van der Waals surface area (Å²) < 4.78 is 5.93. The number of halogens is 1. The summed E-state index contributed by atoms with van der Waals surface area (Å²) in [6, 6.07) is 9.76. The van der Waals surface area contributed by atoms with E-state index in [1.54, 1.807) is 24.8 Å². The number of rotatable bonds is 5. The molecular weight excluding hydrogens is 328 g/mol. The monoisotopic (exact) mass is 340 g/mol. The van der Waals surface area contributed by atoms with Crippen LogP contribution in [-0.2, 0) is 10.5 Å². The summed E-state index contributed by atoms with van der Waals surface area (Å²) >= 11 is 4.95. The highest BCUT2D eigenvalue weighted by molar-refractivity contribution is 9.10. The van der Waals surface area contributed by atoms with Crippen molar-refractivity contribution in [3.63, 3.8) is 0 Å². The first-order valence-corrected chi connectivity index (χ1v) is 7.63. The Kier molecular flexibility index (Phi) is 5.04. The van der Waals surface area contributed by atoms with Crippen molar-refractivity contribution in [2.24, 2.45) is 0 Å². The minimum atomic E-state index is -0.0737. The van der Waals surface area contributed by atoms with E-state index < -0.39 is 0 Å². The topological polar surface area (TPSA) is 55.1 Å². The third-order valence-electron chi connectivity index (χ3n) is 2.31. The number of aromatic nitrogens is 1. The molecular formula is C13H13BrN2O2S. The molecule has 0 radical (unpaired) electrons. The van der Waals surface area contributed by atoms with Crippen LogP contribution in [0.1, 0.15) is 11.3 Å². The fourth-order valence-corrected chi connectivity index (χ4v) is 2.50. The number of carbonyl (C=O) groups is 1. The Labute approximate surface area is 124 Å². The SMILES string of the molecule is Cc1cc(NC(=O)CSCc2ccc(Br)cc2)no1. The molecule has 4 nitrogen and oxygen atoms in total. The van der Waals surface area contributed by atoms with E-state index in [2.05, 4.69) is 26.4 Å². The molecule has 0 saturated heterocycles. The number of hydrogen-bond acceptors (Lipinski definition) is 4. The molecule has 2 aromatic rings. The van der Waals surface area contributed by atoms with Crippen LogP contribution in [0.2, 0.25) is 0 Å². The minimum absolute atomic E-state index is 0.0737. The zero-order valence-corrected chi connectivity index (χ0v) is 12.8. The third-order valence-corrected chi connectivity index (χ3v) is 3.84. The molecule has 1 aromatic carbocycles. The van der Waals surface area contributed by atoms with Crippen LogP contribution in [0.4, 0.5) is 5.82 Å². The maximum Gasteiger partial charge on any atom is 0.235 e. The van der Waals surface area contributed by atoms with Gasteiger partial charge in [-0.1, -0.05) is 33.2 Å². The maximum absolute atomic E-state index is 11.6. The predicted molar refractivity (Wildman–Crippen MR) is 80.2 cm³/mol. The molecule has 1 aromatic heterocycles. The number of nitrogens with zero attached hydrogens (tertiary/aromatic N) is 1. The van der Waals surface area contributed by atoms with Crippen molar-refractivity contribution in [1.82, 2.24) is 5.16 Å². The lowest BCUT2D eigenvalue weighted by molar-refractivity contribution is -0.113. The highest BCUT2D eigenvalue weighted by Gasteiger charge is 2.06. The van der Waals surface area contributed by atoms with Gasteiger partial charge in [0.25, 0.3) is 0 Å². The largest absolute Gasteiger partial charge is 0.360 e. The van der Waals surface area contributed by atoms with Crippen LogP contribution < -0.4 is 5.32 Å². The predicted octanol–water partition coefficient (Wildman–Crippen LogP) is 3.62. The molecule has 1 N–H and O–H groups in total. The molecule has 0 unspecified atom stereocenters. The van der Waals surface area contributed by atoms with Crippen LogP contribution in [0, 0.1) is 6.92 Å². The van der Waals surface area contributed by atoms with E-state index in [4.69, 9.17) is 4.52 Å². The van der Waals surface area contributed by atoms with Crippen molar-refractivity contribution in [2.75, 3.05) is 11.1 Å². The summed E-state index contributed by atoms with van der Waals surface area (Å²) in [5, 5.41) is 6.40. The average Bonchev–Trinajstić information content (AvgIpc) is 2.77. The highest BCUT2D eigenvalue weighted by atomic mass is 79.9. The molecule has 0 fully saturated rings. The summed E-state index contributed by atoms with van der Waals surface area (Å²) in [5.74, 6) is 2.26. The number of nitrogens with one attached hydrogen (secondary N) is 1. The standard InChI is InChI=1S/C13H13BrN2O2S/c1-9-6-12(16-18-9)15-13(17)8-19-7-10-2-4-11(14)5-3-10/h2-6H,7-8H2,1H3,(H,15,16,17). The van der Waals surface area contributed by atoms with Crippen LogP contribution in [-0.4, -0.2) is 16.8 Å². The van der Waals surface area contributed by atoms with Crippen molar-refractivity contribution >= 4 is 39.4 Å². The van der Waals surface area contributed by atoms with Crippen LogP contribution in [0.3, 0.4) is 0 Å². The van der Waals surface area contributed by atoms with E-state index in [0.29, 0.717) is 17.3 Å². The molecule has 0 aliphatic carbocycles. The molecule has 0 saturated carbocycles. The lowest BCUT2D eigenvalue weighted by Crippen LogP contribution is -2.14. The number of aryl methyl sites for hydroxylation is 1. The molecule has 0 atom stereocenters. The van der Waals surface area contributed by atoms with Crippen molar-refractivity contribution in [3.8, 4) is 0 Å². The van der Waals surface area contributed by atoms with E-state index in [0.717, 1.165) is 10.2 Å². The summed E-state index contributed by atoms with van der Waals surface area (Å²) in [6.45, 7) is 1.78. The maximum atomic E-state index is 11.6. The first-order chi connectivity index (χ1) is 9.13. The van der Waals surface area contributed by atoms with Crippen molar-refractivity contribution in [1.29, 1.82) is 0 Å². The molecule has 1 amide bonds. The lowest BCUT2D eigenvalue weighted by Gasteiger charge is -2.02. The van der Waals surface area contributed by atoms with Gasteiger partial charge in [-0.2, -0.15) is 0 Å². The van der Waals surface area contributed by atoms with Gasteiger partial charge in [0.2, 0.25) is 5.91 Å². The third kappa shape index (κ3) is 4.72. The van der Waals surface area contributed by atoms with Crippen LogP contribution in [0.5, 0.6) is 0 Å². The van der Waals surface area contributed by atoms with Gasteiger partial charge in [0.15, 0.2) is 5.82 Å². The molecule has 0 bridgehead atoms. The van der Waals surface area contributed by atoms with E-state index in [9.17, 15) is 4.79 Å². The van der Waals surface area contributed by atoms with Gasteiger partial charge >= 0.3 is 0 Å². The summed E-state index contributed by atoms with van der Waals surface area (Å²) in [6.07, 6.45) is 0. The highest BCUT2D eigenvalue weighted by Crippen LogP contribution is 2.16. The van der Waals surface area contributed by atoms with Gasteiger partial charge in [0.1, 0.15) is 5.76 Å². The Bertz CT molecular complexity index is 554. The van der Waals surface area contributed by atoms with Gasteiger partial charge in [-0.05, 0) is 24.6 Å². The molecule has 2 rings (SSSR count). The number of benzene rings is 1. The average molecular weight is 341 g/mol. The molecule has 0 aliphatic rings. The van der Waals surface area contributed by atoms with Crippen molar-refractivity contribution in [2.45, 2.75) is 12.7 Å². The van der Waals surface area contributed by atoms with Gasteiger partial charge < -0.3 is 9.84 Å². The number of anilines is 1. The normalized spacial score (nSPS) is 10.4. The van der Waals surface area contributed by atoms with Gasteiger partial charge in [0, 0.05) is 16.3 Å². The molecule has 0 spiro atoms. The lowest BCUT2D eigenvalue weighted by atomic mass is 10.2. The Balaban J connectivity index is 1.73. The number of thioether (sulfide) groups is 1. The van der Waals surface area contributed by atoms with Crippen LogP contribution >= 0.6 is 27.7 Å². The molecule has 0 aliphatic heterocycles. The van der Waals surface area contributed by atoms with Crippen molar-refractivity contribution in [3.05, 3.63) is 46.1 Å². The Morgan fingerprint density at radius 2 is 2.16 bits per heavy atom. The Morgan fingerprint density at radius 3 is 2.79 bits per heavy atom. The Hall–Kier alpha value is -1.27. The second-order valence-electron chi connectivity index (χ2n) is 3.99. The first kappa shape index (κ1) is 14.1. The molecule has 6 heteroatoms. The van der Waals surface area contributed by atoms with E-state index >= 15 is 0 Å².